The van der Waals surface area contributed by atoms with Crippen molar-refractivity contribution in [3.63, 3.8) is 0 Å². The standard InChI is InChI=1S/C20H22ClN3O6S/c1-13-3-5-16(24(26)27)12-19(13)31(28,29)23-9-7-14(8-10-23)20(25)22-15-4-6-18(30-2)17(21)11-15/h3-6,11-12,14H,7-10H2,1-2H3,(H,22,25). The van der Waals surface area contributed by atoms with Crippen molar-refractivity contribution in [1.82, 2.24) is 4.31 Å². The second-order valence-corrected chi connectivity index (χ2v) is 9.54. The molecule has 2 aromatic carbocycles. The first kappa shape index (κ1) is 23.0. The first-order valence-corrected chi connectivity index (χ1v) is 11.3. The van der Waals surface area contributed by atoms with Gasteiger partial charge in [-0.1, -0.05) is 17.7 Å². The van der Waals surface area contributed by atoms with Gasteiger partial charge in [0.05, 0.1) is 22.0 Å². The Hall–Kier alpha value is -2.69. The molecule has 0 aliphatic carbocycles. The molecule has 0 spiro atoms. The van der Waals surface area contributed by atoms with Gasteiger partial charge in [-0.15, -0.1) is 0 Å². The number of methoxy groups -OCH3 is 1. The number of nitrogens with zero attached hydrogens (tertiary/aromatic N) is 2. The van der Waals surface area contributed by atoms with Crippen LogP contribution >= 0.6 is 11.6 Å². The zero-order valence-electron chi connectivity index (χ0n) is 17.0. The predicted molar refractivity (Wildman–Crippen MR) is 116 cm³/mol. The number of nitro groups is 1. The summed E-state index contributed by atoms with van der Waals surface area (Å²) >= 11 is 6.08. The normalized spacial score (nSPS) is 15.5. The van der Waals surface area contributed by atoms with Crippen LogP contribution in [-0.4, -0.2) is 43.8 Å². The Balaban J connectivity index is 1.67. The highest BCUT2D eigenvalue weighted by Gasteiger charge is 2.33. The molecular formula is C20H22ClN3O6S. The summed E-state index contributed by atoms with van der Waals surface area (Å²) in [6, 6.07) is 8.68. The Morgan fingerprint density at radius 1 is 1.23 bits per heavy atom. The van der Waals surface area contributed by atoms with Crippen LogP contribution in [0.5, 0.6) is 5.75 Å². The number of anilines is 1. The van der Waals surface area contributed by atoms with E-state index in [1.54, 1.807) is 25.1 Å². The van der Waals surface area contributed by atoms with Gasteiger partial charge in [0.15, 0.2) is 0 Å². The Kier molecular flexibility index (Phi) is 6.83. The van der Waals surface area contributed by atoms with Crippen LogP contribution in [0.1, 0.15) is 18.4 Å². The molecule has 1 aliphatic heterocycles. The number of ether oxygens (including phenoxy) is 1. The maximum atomic E-state index is 13.0. The van der Waals surface area contributed by atoms with Gasteiger partial charge in [0.25, 0.3) is 5.69 Å². The molecule has 31 heavy (non-hydrogen) atoms. The summed E-state index contributed by atoms with van der Waals surface area (Å²) in [4.78, 5) is 22.9. The molecule has 11 heteroatoms. The van der Waals surface area contributed by atoms with Gasteiger partial charge < -0.3 is 10.1 Å². The highest BCUT2D eigenvalue weighted by Crippen LogP contribution is 2.30. The summed E-state index contributed by atoms with van der Waals surface area (Å²) in [6.07, 6.45) is 0.672. The van der Waals surface area contributed by atoms with Gasteiger partial charge in [0.2, 0.25) is 15.9 Å². The molecule has 0 unspecified atom stereocenters. The van der Waals surface area contributed by atoms with E-state index in [9.17, 15) is 23.3 Å². The first-order chi connectivity index (χ1) is 14.6. The fourth-order valence-corrected chi connectivity index (χ4v) is 5.44. The second kappa shape index (κ2) is 9.21. The number of benzene rings is 2. The maximum absolute atomic E-state index is 13.0. The van der Waals surface area contributed by atoms with E-state index in [1.807, 2.05) is 0 Å². The summed E-state index contributed by atoms with van der Waals surface area (Å²) in [5.41, 5.74) is 0.677. The number of hydrogen-bond donors (Lipinski definition) is 1. The predicted octanol–water partition coefficient (Wildman–Crippen LogP) is 3.60. The molecule has 3 rings (SSSR count). The van der Waals surface area contributed by atoms with Crippen LogP contribution in [0.2, 0.25) is 5.02 Å². The van der Waals surface area contributed by atoms with E-state index in [1.165, 1.54) is 23.5 Å². The number of halogens is 1. The van der Waals surface area contributed by atoms with Gasteiger partial charge in [0, 0.05) is 36.8 Å². The molecule has 0 bridgehead atoms. The topological polar surface area (TPSA) is 119 Å². The monoisotopic (exact) mass is 467 g/mol. The smallest absolute Gasteiger partial charge is 0.270 e. The van der Waals surface area contributed by atoms with Gasteiger partial charge in [-0.3, -0.25) is 14.9 Å². The van der Waals surface area contributed by atoms with E-state index in [0.29, 0.717) is 34.9 Å². The van der Waals surface area contributed by atoms with Gasteiger partial charge in [-0.2, -0.15) is 4.31 Å². The summed E-state index contributed by atoms with van der Waals surface area (Å²) in [6.45, 7) is 1.88. The Labute approximate surface area is 185 Å². The van der Waals surface area contributed by atoms with Crippen LogP contribution in [-0.2, 0) is 14.8 Å². The SMILES string of the molecule is COc1ccc(NC(=O)C2CCN(S(=O)(=O)c3cc([N+](=O)[O-])ccc3C)CC2)cc1Cl. The van der Waals surface area contributed by atoms with Gasteiger partial charge >= 0.3 is 0 Å². The third-order valence-electron chi connectivity index (χ3n) is 5.24. The lowest BCUT2D eigenvalue weighted by atomic mass is 9.97. The molecule has 1 amide bonds. The number of rotatable bonds is 6. The lowest BCUT2D eigenvalue weighted by molar-refractivity contribution is -0.385. The van der Waals surface area contributed by atoms with Gasteiger partial charge in [-0.05, 0) is 43.5 Å². The highest BCUT2D eigenvalue weighted by atomic mass is 35.5. The number of aryl methyl sites for hydroxylation is 1. The molecule has 0 atom stereocenters. The third kappa shape index (κ3) is 4.97. The van der Waals surface area contributed by atoms with E-state index in [0.717, 1.165) is 6.07 Å². The Bertz CT molecular complexity index is 1110. The summed E-state index contributed by atoms with van der Waals surface area (Å²) < 4.78 is 32.4. The number of hydrogen-bond acceptors (Lipinski definition) is 6. The molecule has 0 radical (unpaired) electrons. The Morgan fingerprint density at radius 3 is 2.48 bits per heavy atom. The minimum absolute atomic E-state index is 0.0857. The molecule has 1 saturated heterocycles. The van der Waals surface area contributed by atoms with E-state index < -0.39 is 14.9 Å². The lowest BCUT2D eigenvalue weighted by Crippen LogP contribution is -2.41. The molecule has 9 nitrogen and oxygen atoms in total. The van der Waals surface area contributed by atoms with Crippen molar-refractivity contribution in [2.24, 2.45) is 5.92 Å². The number of nitro benzene ring substituents is 1. The zero-order chi connectivity index (χ0) is 22.8. The van der Waals surface area contributed by atoms with Gasteiger partial charge in [0.1, 0.15) is 5.75 Å². The zero-order valence-corrected chi connectivity index (χ0v) is 18.6. The fourth-order valence-electron chi connectivity index (χ4n) is 3.47. The molecule has 2 aromatic rings. The van der Waals surface area contributed by atoms with Crippen molar-refractivity contribution in [3.05, 3.63) is 57.1 Å². The number of carbonyl (C=O) groups is 1. The van der Waals surface area contributed by atoms with Crippen LogP contribution in [0.3, 0.4) is 0 Å². The third-order valence-corrected chi connectivity index (χ3v) is 7.58. The average Bonchev–Trinajstić information content (AvgIpc) is 2.74. The minimum atomic E-state index is -3.90. The van der Waals surface area contributed by atoms with Crippen LogP contribution < -0.4 is 10.1 Å². The minimum Gasteiger partial charge on any atom is -0.495 e. The largest absolute Gasteiger partial charge is 0.495 e. The van der Waals surface area contributed by atoms with Crippen molar-refractivity contribution < 1.29 is 22.9 Å². The number of nitrogens with one attached hydrogen (secondary N) is 1. The van der Waals surface area contributed by atoms with Crippen LogP contribution in [0.25, 0.3) is 0 Å². The molecule has 0 saturated carbocycles. The average molecular weight is 468 g/mol. The van der Waals surface area contributed by atoms with Crippen LogP contribution in [0, 0.1) is 23.0 Å². The fraction of sp³-hybridized carbons (Fsp3) is 0.350. The Morgan fingerprint density at radius 2 is 1.90 bits per heavy atom. The lowest BCUT2D eigenvalue weighted by Gasteiger charge is -2.30. The van der Waals surface area contributed by atoms with Crippen molar-refractivity contribution in [2.75, 3.05) is 25.5 Å². The second-order valence-electron chi connectivity index (χ2n) is 7.22. The number of non-ortho nitro benzene ring substituents is 1. The number of sulfonamides is 1. The summed E-state index contributed by atoms with van der Waals surface area (Å²) in [7, 11) is -2.41. The van der Waals surface area contributed by atoms with Crippen molar-refractivity contribution >= 4 is 38.9 Å². The van der Waals surface area contributed by atoms with Gasteiger partial charge in [-0.25, -0.2) is 8.42 Å². The molecular weight excluding hydrogens is 446 g/mol. The summed E-state index contributed by atoms with van der Waals surface area (Å²) in [5.74, 6) is -0.0852. The molecule has 166 valence electrons. The number of amides is 1. The first-order valence-electron chi connectivity index (χ1n) is 9.53. The van der Waals surface area contributed by atoms with Crippen molar-refractivity contribution in [1.29, 1.82) is 0 Å². The molecule has 1 heterocycles. The molecule has 1 N–H and O–H groups in total. The number of piperidine rings is 1. The maximum Gasteiger partial charge on any atom is 0.270 e. The van der Waals surface area contributed by atoms with E-state index in [-0.39, 0.29) is 35.5 Å². The van der Waals surface area contributed by atoms with Crippen molar-refractivity contribution in [3.8, 4) is 5.75 Å². The number of carbonyl (C=O) groups excluding carboxylic acids is 1. The molecule has 1 aliphatic rings. The van der Waals surface area contributed by atoms with Crippen LogP contribution in [0.4, 0.5) is 11.4 Å². The van der Waals surface area contributed by atoms with E-state index in [2.05, 4.69) is 5.32 Å². The van der Waals surface area contributed by atoms with Crippen LogP contribution in [0.15, 0.2) is 41.3 Å². The van der Waals surface area contributed by atoms with E-state index >= 15 is 0 Å². The quantitative estimate of drug-likeness (QED) is 0.512. The van der Waals surface area contributed by atoms with Crippen molar-refractivity contribution in [2.45, 2.75) is 24.7 Å². The van der Waals surface area contributed by atoms with E-state index in [4.69, 9.17) is 16.3 Å². The highest BCUT2D eigenvalue weighted by molar-refractivity contribution is 7.89. The molecule has 0 aromatic heterocycles. The molecule has 1 fully saturated rings. The summed E-state index contributed by atoms with van der Waals surface area (Å²) in [5, 5.41) is 14.2.